The van der Waals surface area contributed by atoms with Crippen LogP contribution in [0.1, 0.15) is 11.1 Å². The molecule has 3 aromatic rings. The first-order valence-electron chi connectivity index (χ1n) is 8.41. The summed E-state index contributed by atoms with van der Waals surface area (Å²) in [7, 11) is 4.80. The molecular weight excluding hydrogens is 335 g/mol. The Bertz CT molecular complexity index is 867. The fraction of sp³-hybridized carbons (Fsp3) is 0.300. The number of methoxy groups -OCH3 is 3. The van der Waals surface area contributed by atoms with E-state index in [9.17, 15) is 4.39 Å². The maximum Gasteiger partial charge on any atom is 0.203 e. The molecule has 0 saturated heterocycles. The van der Waals surface area contributed by atoms with Gasteiger partial charge < -0.3 is 24.5 Å². The van der Waals surface area contributed by atoms with E-state index in [4.69, 9.17) is 14.2 Å². The third-order valence-electron chi connectivity index (χ3n) is 4.35. The number of H-pyrrole nitrogens is 1. The highest BCUT2D eigenvalue weighted by molar-refractivity contribution is 5.83. The first kappa shape index (κ1) is 18.1. The van der Waals surface area contributed by atoms with Crippen molar-refractivity contribution in [1.82, 2.24) is 10.3 Å². The molecule has 0 spiro atoms. The number of nitrogens with one attached hydrogen (secondary N) is 2. The molecule has 0 aliphatic carbocycles. The summed E-state index contributed by atoms with van der Waals surface area (Å²) < 4.78 is 29.3. The van der Waals surface area contributed by atoms with Gasteiger partial charge in [0.25, 0.3) is 0 Å². The third-order valence-corrected chi connectivity index (χ3v) is 4.35. The van der Waals surface area contributed by atoms with Gasteiger partial charge in [-0.1, -0.05) is 0 Å². The normalized spacial score (nSPS) is 10.9. The minimum atomic E-state index is -0.230. The summed E-state index contributed by atoms with van der Waals surface area (Å²) in [5.74, 6) is 1.64. The zero-order valence-corrected chi connectivity index (χ0v) is 15.2. The molecule has 2 aromatic carbocycles. The second-order valence-electron chi connectivity index (χ2n) is 5.96. The summed E-state index contributed by atoms with van der Waals surface area (Å²) >= 11 is 0. The second-order valence-corrected chi connectivity index (χ2v) is 5.96. The SMILES string of the molecule is COc1cc(CNCCc2c[nH]c3cc(F)ccc23)cc(OC)c1OC. The average molecular weight is 358 g/mol. The van der Waals surface area contributed by atoms with Crippen LogP contribution in [0.3, 0.4) is 0 Å². The number of halogens is 1. The Morgan fingerprint density at radius 1 is 1.00 bits per heavy atom. The van der Waals surface area contributed by atoms with Crippen LogP contribution < -0.4 is 19.5 Å². The van der Waals surface area contributed by atoms with Crippen molar-refractivity contribution in [2.45, 2.75) is 13.0 Å². The van der Waals surface area contributed by atoms with Crippen LogP contribution in [0.25, 0.3) is 10.9 Å². The van der Waals surface area contributed by atoms with E-state index in [0.29, 0.717) is 23.8 Å². The number of hydrogen-bond donors (Lipinski definition) is 2. The maximum absolute atomic E-state index is 13.3. The number of ether oxygens (including phenoxy) is 3. The Kier molecular flexibility index (Phi) is 5.63. The van der Waals surface area contributed by atoms with E-state index in [0.717, 1.165) is 35.0 Å². The molecule has 2 N–H and O–H groups in total. The van der Waals surface area contributed by atoms with Gasteiger partial charge in [0.15, 0.2) is 11.5 Å². The van der Waals surface area contributed by atoms with Gasteiger partial charge in [0.05, 0.1) is 21.3 Å². The molecule has 0 unspecified atom stereocenters. The smallest absolute Gasteiger partial charge is 0.203 e. The van der Waals surface area contributed by atoms with Crippen molar-refractivity contribution in [3.05, 3.63) is 53.5 Å². The van der Waals surface area contributed by atoms with Gasteiger partial charge in [-0.25, -0.2) is 4.39 Å². The molecule has 1 aromatic heterocycles. The number of hydrogen-bond acceptors (Lipinski definition) is 4. The fourth-order valence-electron chi connectivity index (χ4n) is 3.06. The van der Waals surface area contributed by atoms with E-state index in [-0.39, 0.29) is 5.82 Å². The largest absolute Gasteiger partial charge is 0.493 e. The van der Waals surface area contributed by atoms with Gasteiger partial charge in [-0.05, 0) is 54.4 Å². The monoisotopic (exact) mass is 358 g/mol. The number of aromatic amines is 1. The molecule has 0 aliphatic rings. The van der Waals surface area contributed by atoms with Crippen LogP contribution in [0.15, 0.2) is 36.5 Å². The van der Waals surface area contributed by atoms with Crippen LogP contribution in [0.4, 0.5) is 4.39 Å². The standard InChI is InChI=1S/C20H23FN2O3/c1-24-18-8-13(9-19(25-2)20(18)26-3)11-22-7-6-14-12-23-17-10-15(21)4-5-16(14)17/h4-5,8-10,12,22-23H,6-7,11H2,1-3H3. The van der Waals surface area contributed by atoms with Crippen LogP contribution in [0.5, 0.6) is 17.2 Å². The van der Waals surface area contributed by atoms with E-state index in [1.807, 2.05) is 24.4 Å². The minimum Gasteiger partial charge on any atom is -0.493 e. The Hall–Kier alpha value is -2.73. The zero-order valence-electron chi connectivity index (χ0n) is 15.2. The fourth-order valence-corrected chi connectivity index (χ4v) is 3.06. The van der Waals surface area contributed by atoms with Crippen molar-refractivity contribution >= 4 is 10.9 Å². The molecule has 6 heteroatoms. The number of aromatic nitrogens is 1. The van der Waals surface area contributed by atoms with Gasteiger partial charge in [0.2, 0.25) is 5.75 Å². The van der Waals surface area contributed by atoms with E-state index >= 15 is 0 Å². The molecule has 0 aliphatic heterocycles. The van der Waals surface area contributed by atoms with E-state index in [1.165, 1.54) is 12.1 Å². The lowest BCUT2D eigenvalue weighted by atomic mass is 10.1. The first-order chi connectivity index (χ1) is 12.7. The zero-order chi connectivity index (χ0) is 18.5. The predicted octanol–water partition coefficient (Wildman–Crippen LogP) is 3.67. The maximum atomic E-state index is 13.3. The van der Waals surface area contributed by atoms with Crippen molar-refractivity contribution in [3.8, 4) is 17.2 Å². The van der Waals surface area contributed by atoms with Gasteiger partial charge in [-0.2, -0.15) is 0 Å². The third kappa shape index (κ3) is 3.75. The van der Waals surface area contributed by atoms with Gasteiger partial charge in [-0.15, -0.1) is 0 Å². The van der Waals surface area contributed by atoms with Crippen molar-refractivity contribution in [2.24, 2.45) is 0 Å². The quantitative estimate of drug-likeness (QED) is 0.604. The van der Waals surface area contributed by atoms with Gasteiger partial charge >= 0.3 is 0 Å². The summed E-state index contributed by atoms with van der Waals surface area (Å²) in [6.45, 7) is 1.47. The first-order valence-corrected chi connectivity index (χ1v) is 8.41. The lowest BCUT2D eigenvalue weighted by Gasteiger charge is -2.14. The molecule has 138 valence electrons. The van der Waals surface area contributed by atoms with Crippen molar-refractivity contribution in [2.75, 3.05) is 27.9 Å². The molecule has 0 bridgehead atoms. The van der Waals surface area contributed by atoms with Crippen molar-refractivity contribution < 1.29 is 18.6 Å². The molecule has 26 heavy (non-hydrogen) atoms. The van der Waals surface area contributed by atoms with Crippen LogP contribution in [0.2, 0.25) is 0 Å². The van der Waals surface area contributed by atoms with Crippen molar-refractivity contribution in [3.63, 3.8) is 0 Å². The highest BCUT2D eigenvalue weighted by atomic mass is 19.1. The summed E-state index contributed by atoms with van der Waals surface area (Å²) in [5, 5.41) is 4.47. The Morgan fingerprint density at radius 2 is 1.73 bits per heavy atom. The van der Waals surface area contributed by atoms with Gasteiger partial charge in [0, 0.05) is 23.6 Å². The summed E-state index contributed by atoms with van der Waals surface area (Å²) in [6.07, 6.45) is 2.78. The lowest BCUT2D eigenvalue weighted by Crippen LogP contribution is -2.16. The summed E-state index contributed by atoms with van der Waals surface area (Å²) in [4.78, 5) is 3.12. The summed E-state index contributed by atoms with van der Waals surface area (Å²) in [5.41, 5.74) is 3.03. The number of fused-ring (bicyclic) bond motifs is 1. The molecule has 0 saturated carbocycles. The molecule has 0 fully saturated rings. The topological polar surface area (TPSA) is 55.5 Å². The van der Waals surface area contributed by atoms with Crippen LogP contribution in [-0.4, -0.2) is 32.9 Å². The molecule has 0 radical (unpaired) electrons. The number of benzene rings is 2. The number of rotatable bonds is 8. The second kappa shape index (κ2) is 8.10. The van der Waals surface area contributed by atoms with Crippen LogP contribution in [-0.2, 0) is 13.0 Å². The summed E-state index contributed by atoms with van der Waals surface area (Å²) in [6, 6.07) is 8.69. The van der Waals surface area contributed by atoms with E-state index < -0.39 is 0 Å². The predicted molar refractivity (Wildman–Crippen MR) is 99.8 cm³/mol. The van der Waals surface area contributed by atoms with Gasteiger partial charge in [-0.3, -0.25) is 0 Å². The van der Waals surface area contributed by atoms with Crippen molar-refractivity contribution in [1.29, 1.82) is 0 Å². The van der Waals surface area contributed by atoms with Crippen LogP contribution >= 0.6 is 0 Å². The molecular formula is C20H23FN2O3. The Labute approximate surface area is 152 Å². The highest BCUT2D eigenvalue weighted by Crippen LogP contribution is 2.38. The molecule has 0 amide bonds. The molecule has 5 nitrogen and oxygen atoms in total. The molecule has 0 atom stereocenters. The van der Waals surface area contributed by atoms with Crippen LogP contribution in [0, 0.1) is 5.82 Å². The van der Waals surface area contributed by atoms with E-state index in [1.54, 1.807) is 21.3 Å². The average Bonchev–Trinajstić information content (AvgIpc) is 3.06. The Morgan fingerprint density at radius 3 is 2.38 bits per heavy atom. The lowest BCUT2D eigenvalue weighted by molar-refractivity contribution is 0.323. The van der Waals surface area contributed by atoms with Gasteiger partial charge in [0.1, 0.15) is 5.82 Å². The van der Waals surface area contributed by atoms with E-state index in [2.05, 4.69) is 10.3 Å². The molecule has 1 heterocycles. The highest BCUT2D eigenvalue weighted by Gasteiger charge is 2.13. The Balaban J connectivity index is 1.62. The molecule has 3 rings (SSSR count). The minimum absolute atomic E-state index is 0.230.